The topological polar surface area (TPSA) is 99.3 Å². The third-order valence-corrected chi connectivity index (χ3v) is 10.1. The van der Waals surface area contributed by atoms with Crippen molar-refractivity contribution in [3.63, 3.8) is 0 Å². The van der Waals surface area contributed by atoms with Crippen molar-refractivity contribution in [3.05, 3.63) is 101 Å². The highest BCUT2D eigenvalue weighted by molar-refractivity contribution is 7.90. The minimum absolute atomic E-state index is 0.138. The minimum atomic E-state index is -3.91. The van der Waals surface area contributed by atoms with E-state index >= 15 is 0 Å². The quantitative estimate of drug-likeness (QED) is 0.184. The summed E-state index contributed by atoms with van der Waals surface area (Å²) in [6.07, 6.45) is 12.1. The van der Waals surface area contributed by atoms with Crippen LogP contribution in [0.15, 0.2) is 84.3 Å². The lowest BCUT2D eigenvalue weighted by Crippen LogP contribution is -2.42. The van der Waals surface area contributed by atoms with Gasteiger partial charge in [0.1, 0.15) is 5.60 Å². The average Bonchev–Trinajstić information content (AvgIpc) is 3.66. The predicted molar refractivity (Wildman–Crippen MR) is 181 cm³/mol. The number of carbonyl (C=O) groups excluding carboxylic acids is 1. The summed E-state index contributed by atoms with van der Waals surface area (Å²) in [7, 11) is -3.91. The smallest absolute Gasteiger partial charge is 0.410 e. The second kappa shape index (κ2) is 12.4. The first-order valence-electron chi connectivity index (χ1n) is 15.2. The van der Waals surface area contributed by atoms with Crippen LogP contribution in [-0.4, -0.2) is 56.8 Å². The lowest BCUT2D eigenvalue weighted by molar-refractivity contribution is 0.0184. The van der Waals surface area contributed by atoms with E-state index in [1.807, 2.05) is 75.0 Å². The van der Waals surface area contributed by atoms with Crippen molar-refractivity contribution in [1.29, 1.82) is 0 Å². The summed E-state index contributed by atoms with van der Waals surface area (Å²) in [4.78, 5) is 19.1. The maximum absolute atomic E-state index is 13.7. The third kappa shape index (κ3) is 6.45. The number of benzene rings is 2. The van der Waals surface area contributed by atoms with Gasteiger partial charge in [-0.15, -0.1) is 0 Å². The first kappa shape index (κ1) is 31.6. The molecular weight excluding hydrogens is 622 g/mol. The van der Waals surface area contributed by atoms with Gasteiger partial charge in [0.05, 0.1) is 17.1 Å². The lowest BCUT2D eigenvalue weighted by Gasteiger charge is -2.33. The lowest BCUT2D eigenvalue weighted by atomic mass is 10.0. The molecule has 5 aromatic rings. The molecule has 0 radical (unpaired) electrons. The molecule has 1 fully saturated rings. The Kier molecular flexibility index (Phi) is 8.52. The number of aryl methyl sites for hydroxylation is 1. The number of ether oxygens (including phenoxy) is 1. The molecule has 0 saturated carbocycles. The van der Waals surface area contributed by atoms with Crippen LogP contribution in [0.5, 0.6) is 0 Å². The third-order valence-electron chi connectivity index (χ3n) is 8.07. The number of carbonyl (C=O) groups is 1. The van der Waals surface area contributed by atoms with Gasteiger partial charge < -0.3 is 9.64 Å². The summed E-state index contributed by atoms with van der Waals surface area (Å²) in [5.74, 6) is 0. The highest BCUT2D eigenvalue weighted by Crippen LogP contribution is 2.32. The Morgan fingerprint density at radius 2 is 1.72 bits per heavy atom. The molecule has 1 saturated heterocycles. The predicted octanol–water partition coefficient (Wildman–Crippen LogP) is 7.84. The Balaban J connectivity index is 1.33. The van der Waals surface area contributed by atoms with Crippen LogP contribution in [0.4, 0.5) is 4.79 Å². The van der Waals surface area contributed by atoms with E-state index in [0.717, 1.165) is 35.1 Å². The van der Waals surface area contributed by atoms with Crippen molar-refractivity contribution in [2.75, 3.05) is 13.1 Å². The molecule has 0 N–H and O–H groups in total. The van der Waals surface area contributed by atoms with Crippen LogP contribution in [0.1, 0.15) is 56.3 Å². The first-order valence-corrected chi connectivity index (χ1v) is 17.0. The van der Waals surface area contributed by atoms with E-state index in [1.54, 1.807) is 53.8 Å². The van der Waals surface area contributed by atoms with Gasteiger partial charge in [0.25, 0.3) is 10.0 Å². The van der Waals surface area contributed by atoms with E-state index in [1.165, 1.54) is 3.97 Å². The number of pyridine rings is 1. The Morgan fingerprint density at radius 1 is 0.978 bits per heavy atom. The van der Waals surface area contributed by atoms with E-state index < -0.39 is 15.6 Å². The molecular formula is C35H36ClN5O4S. The first-order chi connectivity index (χ1) is 21.9. The number of rotatable bonds is 6. The van der Waals surface area contributed by atoms with E-state index in [4.69, 9.17) is 16.3 Å². The molecule has 4 heterocycles. The molecule has 1 aliphatic rings. The van der Waals surface area contributed by atoms with E-state index in [0.29, 0.717) is 34.7 Å². The number of halogens is 1. The van der Waals surface area contributed by atoms with Gasteiger partial charge in [0, 0.05) is 58.8 Å². The highest BCUT2D eigenvalue weighted by Gasteiger charge is 2.28. The van der Waals surface area contributed by atoms with E-state index in [9.17, 15) is 13.2 Å². The van der Waals surface area contributed by atoms with Crippen molar-refractivity contribution in [2.45, 2.75) is 57.1 Å². The van der Waals surface area contributed by atoms with Gasteiger partial charge >= 0.3 is 6.09 Å². The molecule has 0 spiro atoms. The maximum atomic E-state index is 13.7. The van der Waals surface area contributed by atoms with Crippen LogP contribution >= 0.6 is 11.6 Å². The van der Waals surface area contributed by atoms with Gasteiger partial charge in [-0.25, -0.2) is 22.2 Å². The molecule has 46 heavy (non-hydrogen) atoms. The van der Waals surface area contributed by atoms with Crippen molar-refractivity contribution in [1.82, 2.24) is 23.6 Å². The second-order valence-electron chi connectivity index (χ2n) is 12.5. The summed E-state index contributed by atoms with van der Waals surface area (Å²) in [6, 6.07) is 16.1. The highest BCUT2D eigenvalue weighted by atomic mass is 35.5. The molecule has 9 nitrogen and oxygen atoms in total. The number of aromatic nitrogens is 4. The molecule has 3 aromatic heterocycles. The van der Waals surface area contributed by atoms with Crippen LogP contribution in [0, 0.1) is 6.92 Å². The van der Waals surface area contributed by atoms with Crippen LogP contribution < -0.4 is 0 Å². The number of nitrogens with zero attached hydrogens (tertiary/aromatic N) is 5. The van der Waals surface area contributed by atoms with Gasteiger partial charge in [-0.1, -0.05) is 54.1 Å². The maximum Gasteiger partial charge on any atom is 0.410 e. The fourth-order valence-corrected chi connectivity index (χ4v) is 7.28. The normalized spacial score (nSPS) is 14.8. The summed E-state index contributed by atoms with van der Waals surface area (Å²) >= 11 is 6.49. The van der Waals surface area contributed by atoms with Gasteiger partial charge in [-0.05, 0) is 75.9 Å². The average molecular weight is 658 g/mol. The molecule has 0 atom stereocenters. The number of piperidine rings is 1. The van der Waals surface area contributed by atoms with Crippen molar-refractivity contribution in [3.8, 4) is 11.1 Å². The number of amides is 1. The van der Waals surface area contributed by atoms with Gasteiger partial charge in [-0.2, -0.15) is 5.10 Å². The van der Waals surface area contributed by atoms with Crippen LogP contribution in [-0.2, 0) is 14.8 Å². The van der Waals surface area contributed by atoms with Crippen molar-refractivity contribution >= 4 is 50.9 Å². The molecule has 238 valence electrons. The Hall–Kier alpha value is -4.41. The van der Waals surface area contributed by atoms with Crippen LogP contribution in [0.2, 0.25) is 5.02 Å². The van der Waals surface area contributed by atoms with Gasteiger partial charge in [0.15, 0.2) is 5.65 Å². The number of hydrogen-bond acceptors (Lipinski definition) is 6. The number of fused-ring (bicyclic) bond motifs is 1. The fraction of sp³-hybridized carbons (Fsp3) is 0.286. The summed E-state index contributed by atoms with van der Waals surface area (Å²) in [6.45, 7) is 8.76. The molecule has 6 rings (SSSR count). The molecule has 11 heteroatoms. The summed E-state index contributed by atoms with van der Waals surface area (Å²) in [5, 5.41) is 5.94. The second-order valence-corrected chi connectivity index (χ2v) is 14.7. The molecule has 1 amide bonds. The van der Waals surface area contributed by atoms with Crippen LogP contribution in [0.25, 0.3) is 34.3 Å². The van der Waals surface area contributed by atoms with E-state index in [2.05, 4.69) is 10.1 Å². The molecule has 0 unspecified atom stereocenters. The van der Waals surface area contributed by atoms with Crippen molar-refractivity contribution < 1.29 is 17.9 Å². The van der Waals surface area contributed by atoms with E-state index in [-0.39, 0.29) is 17.0 Å². The zero-order chi connectivity index (χ0) is 32.6. The van der Waals surface area contributed by atoms with Crippen molar-refractivity contribution in [2.24, 2.45) is 0 Å². The molecule has 2 aromatic carbocycles. The zero-order valence-electron chi connectivity index (χ0n) is 26.2. The summed E-state index contributed by atoms with van der Waals surface area (Å²) < 4.78 is 36.2. The Labute approximate surface area is 274 Å². The molecule has 1 aliphatic heterocycles. The molecule has 0 bridgehead atoms. The minimum Gasteiger partial charge on any atom is -0.444 e. The van der Waals surface area contributed by atoms with Crippen LogP contribution in [0.3, 0.4) is 0 Å². The van der Waals surface area contributed by atoms with Gasteiger partial charge in [0.2, 0.25) is 0 Å². The zero-order valence-corrected chi connectivity index (χ0v) is 27.8. The Bertz CT molecular complexity index is 2020. The summed E-state index contributed by atoms with van der Waals surface area (Å²) in [5.41, 5.74) is 4.01. The van der Waals surface area contributed by atoms with Gasteiger partial charge in [-0.3, -0.25) is 4.68 Å². The fourth-order valence-electron chi connectivity index (χ4n) is 5.64. The SMILES string of the molecule is Cc1cccc(Cl)c1C=Cc1cn(S(=O)(=O)c2ccccc2)c2ncc(-c3cnn(C4CCN(C(=O)OC(C)(C)C)CC4)c3)cc12. The largest absolute Gasteiger partial charge is 0.444 e. The standard InChI is InChI=1S/C35H36ClN5O4S/c1-24-9-8-12-32(36)30(24)14-13-25-23-41(46(43,44)29-10-6-5-7-11-29)33-31(25)19-26(20-37-33)27-21-38-40(22-27)28-15-17-39(18-16-28)34(42)45-35(2,3)4/h5-14,19-23,28H,15-18H2,1-4H3. The molecule has 0 aliphatic carbocycles. The Morgan fingerprint density at radius 3 is 2.41 bits per heavy atom. The number of hydrogen-bond donors (Lipinski definition) is 0. The monoisotopic (exact) mass is 657 g/mol. The number of likely N-dealkylation sites (tertiary alicyclic amines) is 1.